The lowest BCUT2D eigenvalue weighted by Gasteiger charge is -2.08. The number of thioether (sulfide) groups is 1. The molecule has 0 atom stereocenters. The second-order valence-electron chi connectivity index (χ2n) is 4.37. The number of nitrogens with zero attached hydrogens (tertiary/aromatic N) is 2. The van der Waals surface area contributed by atoms with Crippen molar-refractivity contribution >= 4 is 28.5 Å². The summed E-state index contributed by atoms with van der Waals surface area (Å²) in [6, 6.07) is 3.32. The van der Waals surface area contributed by atoms with Crippen molar-refractivity contribution in [3.05, 3.63) is 39.7 Å². The minimum absolute atomic E-state index is 0.259. The van der Waals surface area contributed by atoms with Crippen molar-refractivity contribution in [2.45, 2.75) is 13.1 Å². The van der Waals surface area contributed by atoms with Gasteiger partial charge in [0.2, 0.25) is 0 Å². The summed E-state index contributed by atoms with van der Waals surface area (Å²) in [6.07, 6.45) is -2.61. The number of allylic oxidation sites excluding steroid dienone is 1. The fraction of sp³-hybridized carbons (Fsp3) is 0.308. The molecule has 0 spiro atoms. The van der Waals surface area contributed by atoms with Crippen molar-refractivity contribution in [1.82, 2.24) is 9.13 Å². The van der Waals surface area contributed by atoms with Gasteiger partial charge >= 0.3 is 11.9 Å². The Morgan fingerprint density at radius 2 is 1.95 bits per heavy atom. The number of hydrogen-bond donors (Lipinski definition) is 0. The largest absolute Gasteiger partial charge is 0.416 e. The normalized spacial score (nSPS) is 13.2. The molecule has 0 aliphatic heterocycles. The van der Waals surface area contributed by atoms with Crippen LogP contribution in [0, 0.1) is 0 Å². The molecule has 1 aromatic heterocycles. The monoisotopic (exact) mass is 302 g/mol. The minimum atomic E-state index is -4.43. The first-order chi connectivity index (χ1) is 9.27. The highest BCUT2D eigenvalue weighted by Crippen LogP contribution is 2.31. The van der Waals surface area contributed by atoms with Crippen molar-refractivity contribution in [2.75, 3.05) is 6.26 Å². The lowest BCUT2D eigenvalue weighted by Crippen LogP contribution is -2.20. The molecule has 1 aromatic carbocycles. The molecule has 20 heavy (non-hydrogen) atoms. The Kier molecular flexibility index (Phi) is 3.73. The fourth-order valence-corrected chi connectivity index (χ4v) is 2.53. The Labute approximate surface area is 117 Å². The molecule has 2 rings (SSSR count). The van der Waals surface area contributed by atoms with E-state index in [2.05, 4.69) is 0 Å². The molecular formula is C13H13F3N2OS. The first-order valence-corrected chi connectivity index (χ1v) is 7.04. The molecule has 108 valence electrons. The lowest BCUT2D eigenvalue weighted by atomic mass is 10.2. The maximum absolute atomic E-state index is 12.8. The highest BCUT2D eigenvalue weighted by atomic mass is 32.2. The first kappa shape index (κ1) is 14.8. The predicted molar refractivity (Wildman–Crippen MR) is 75.6 cm³/mol. The van der Waals surface area contributed by atoms with Crippen molar-refractivity contribution in [1.29, 1.82) is 0 Å². The Bertz CT molecular complexity index is 740. The molecule has 3 nitrogen and oxygen atoms in total. The molecular weight excluding hydrogens is 289 g/mol. The van der Waals surface area contributed by atoms with E-state index in [0.29, 0.717) is 11.2 Å². The number of imidazole rings is 1. The molecule has 0 unspecified atom stereocenters. The average Bonchev–Trinajstić information content (AvgIpc) is 2.61. The highest BCUT2D eigenvalue weighted by molar-refractivity contribution is 8.01. The molecule has 0 N–H and O–H groups in total. The van der Waals surface area contributed by atoms with Gasteiger partial charge in [-0.05, 0) is 36.8 Å². The molecule has 0 saturated heterocycles. The van der Waals surface area contributed by atoms with Crippen LogP contribution in [-0.2, 0) is 13.2 Å². The van der Waals surface area contributed by atoms with Crippen molar-refractivity contribution < 1.29 is 13.2 Å². The van der Waals surface area contributed by atoms with Crippen LogP contribution in [0.25, 0.3) is 16.7 Å². The van der Waals surface area contributed by atoms with E-state index < -0.39 is 11.7 Å². The molecule has 2 aromatic rings. The second kappa shape index (κ2) is 5.05. The maximum Gasteiger partial charge on any atom is 0.416 e. The summed E-state index contributed by atoms with van der Waals surface area (Å²) in [5.41, 5.74) is 0.197. The smallest absolute Gasteiger partial charge is 0.295 e. The maximum atomic E-state index is 12.8. The van der Waals surface area contributed by atoms with E-state index in [1.807, 2.05) is 6.26 Å². The van der Waals surface area contributed by atoms with Crippen molar-refractivity contribution in [3.8, 4) is 0 Å². The topological polar surface area (TPSA) is 26.9 Å². The van der Waals surface area contributed by atoms with Gasteiger partial charge in [0.05, 0.1) is 16.6 Å². The van der Waals surface area contributed by atoms with Crippen LogP contribution in [0.15, 0.2) is 28.4 Å². The Morgan fingerprint density at radius 1 is 1.30 bits per heavy atom. The van der Waals surface area contributed by atoms with Gasteiger partial charge in [0.1, 0.15) is 0 Å². The molecule has 0 radical (unpaired) electrons. The van der Waals surface area contributed by atoms with Crippen LogP contribution in [0.4, 0.5) is 13.2 Å². The Balaban J connectivity index is 2.83. The van der Waals surface area contributed by atoms with Crippen LogP contribution < -0.4 is 5.69 Å². The van der Waals surface area contributed by atoms with E-state index in [1.54, 1.807) is 19.4 Å². The van der Waals surface area contributed by atoms with Crippen molar-refractivity contribution in [2.24, 2.45) is 7.05 Å². The Hall–Kier alpha value is -1.63. The summed E-state index contributed by atoms with van der Waals surface area (Å²) in [4.78, 5) is 12.2. The summed E-state index contributed by atoms with van der Waals surface area (Å²) in [7, 11) is 1.54. The van der Waals surface area contributed by atoms with E-state index >= 15 is 0 Å². The standard InChI is InChI=1S/C13H13F3N2OS/c1-8(7-20-3)18-11-6-9(13(14,15)16)4-5-10(11)17(2)12(18)19/h4-7H,1-3H3/b8-7-. The average molecular weight is 302 g/mol. The highest BCUT2D eigenvalue weighted by Gasteiger charge is 2.31. The molecule has 1 heterocycles. The van der Waals surface area contributed by atoms with Crippen molar-refractivity contribution in [3.63, 3.8) is 0 Å². The lowest BCUT2D eigenvalue weighted by molar-refractivity contribution is -0.137. The van der Waals surface area contributed by atoms with E-state index in [-0.39, 0.29) is 11.2 Å². The molecule has 0 bridgehead atoms. The number of aryl methyl sites for hydroxylation is 1. The molecule has 0 saturated carbocycles. The van der Waals surface area contributed by atoms with E-state index in [9.17, 15) is 18.0 Å². The SMILES string of the molecule is CS/C=C(/C)n1c(=O)n(C)c2ccc(C(F)(F)F)cc21. The van der Waals surface area contributed by atoms with Gasteiger partial charge in [-0.15, -0.1) is 11.8 Å². The number of fused-ring (bicyclic) bond motifs is 1. The van der Waals surface area contributed by atoms with Crippen LogP contribution in [0.3, 0.4) is 0 Å². The van der Waals surface area contributed by atoms with Gasteiger partial charge in [0.25, 0.3) is 0 Å². The van der Waals surface area contributed by atoms with Gasteiger partial charge in [-0.3, -0.25) is 9.13 Å². The third kappa shape index (κ3) is 2.37. The van der Waals surface area contributed by atoms with E-state index in [1.165, 1.54) is 27.0 Å². The summed E-state index contributed by atoms with van der Waals surface area (Å²) in [6.45, 7) is 1.69. The quantitative estimate of drug-likeness (QED) is 0.848. The number of aromatic nitrogens is 2. The zero-order valence-electron chi connectivity index (χ0n) is 11.2. The van der Waals surface area contributed by atoms with Crippen LogP contribution in [0.5, 0.6) is 0 Å². The number of rotatable bonds is 2. The molecule has 0 amide bonds. The summed E-state index contributed by atoms with van der Waals surface area (Å²) in [5.74, 6) is 0. The van der Waals surface area contributed by atoms with Gasteiger partial charge in [-0.2, -0.15) is 13.2 Å². The van der Waals surface area contributed by atoms with Gasteiger partial charge in [0.15, 0.2) is 0 Å². The third-order valence-corrected chi connectivity index (χ3v) is 3.60. The first-order valence-electron chi connectivity index (χ1n) is 5.76. The van der Waals surface area contributed by atoms with Gasteiger partial charge in [-0.25, -0.2) is 4.79 Å². The van der Waals surface area contributed by atoms with Crippen LogP contribution in [0.2, 0.25) is 0 Å². The summed E-state index contributed by atoms with van der Waals surface area (Å²) in [5, 5.41) is 1.72. The minimum Gasteiger partial charge on any atom is -0.295 e. The van der Waals surface area contributed by atoms with Gasteiger partial charge in [-0.1, -0.05) is 0 Å². The number of hydrogen-bond acceptors (Lipinski definition) is 2. The van der Waals surface area contributed by atoms with Crippen LogP contribution >= 0.6 is 11.8 Å². The van der Waals surface area contributed by atoms with Crippen LogP contribution in [0.1, 0.15) is 12.5 Å². The van der Waals surface area contributed by atoms with Gasteiger partial charge < -0.3 is 0 Å². The zero-order chi connectivity index (χ0) is 15.1. The van der Waals surface area contributed by atoms with E-state index in [0.717, 1.165) is 12.1 Å². The molecule has 0 fully saturated rings. The molecule has 7 heteroatoms. The third-order valence-electron chi connectivity index (χ3n) is 3.02. The number of halogens is 3. The van der Waals surface area contributed by atoms with E-state index in [4.69, 9.17) is 0 Å². The molecule has 0 aliphatic rings. The zero-order valence-corrected chi connectivity index (χ0v) is 12.0. The molecule has 0 aliphatic carbocycles. The summed E-state index contributed by atoms with van der Waals surface area (Å²) < 4.78 is 41.0. The van der Waals surface area contributed by atoms with Gasteiger partial charge in [0, 0.05) is 12.7 Å². The second-order valence-corrected chi connectivity index (χ2v) is 5.08. The Morgan fingerprint density at radius 3 is 2.50 bits per heavy atom. The predicted octanol–water partition coefficient (Wildman–Crippen LogP) is 3.54. The van der Waals surface area contributed by atoms with Crippen LogP contribution in [-0.4, -0.2) is 15.4 Å². The summed E-state index contributed by atoms with van der Waals surface area (Å²) >= 11 is 1.39. The number of benzene rings is 1. The number of alkyl halides is 3. The fourth-order valence-electron chi connectivity index (χ4n) is 2.08.